The fourth-order valence-electron chi connectivity index (χ4n) is 1.57. The third-order valence-electron chi connectivity index (χ3n) is 2.33. The fourth-order valence-corrected chi connectivity index (χ4v) is 1.57. The Bertz CT molecular complexity index is 184. The molecular weight excluding hydrogens is 152 g/mol. The molecule has 2 heteroatoms. The van der Waals surface area contributed by atoms with E-state index in [9.17, 15) is 5.11 Å². The molecule has 2 nitrogen and oxygen atoms in total. The highest BCUT2D eigenvalue weighted by Crippen LogP contribution is 2.25. The largest absolute Gasteiger partial charge is 0.496 e. The van der Waals surface area contributed by atoms with Crippen molar-refractivity contribution in [1.82, 2.24) is 0 Å². The molecule has 0 aromatic heterocycles. The summed E-state index contributed by atoms with van der Waals surface area (Å²) >= 11 is 0. The summed E-state index contributed by atoms with van der Waals surface area (Å²) in [5, 5.41) is 9.59. The molecule has 0 heterocycles. The molecule has 1 fully saturated rings. The lowest BCUT2D eigenvalue weighted by molar-refractivity contribution is -0.00547. The summed E-state index contributed by atoms with van der Waals surface area (Å²) in [6.45, 7) is 5.49. The summed E-state index contributed by atoms with van der Waals surface area (Å²) in [5.74, 6) is 0. The second-order valence-electron chi connectivity index (χ2n) is 3.10. The molecule has 1 saturated carbocycles. The van der Waals surface area contributed by atoms with Gasteiger partial charge in [0.05, 0.1) is 12.4 Å². The number of aliphatic hydroxyl groups excluding tert-OH is 1. The van der Waals surface area contributed by atoms with Gasteiger partial charge < -0.3 is 9.84 Å². The molecule has 1 aliphatic carbocycles. The van der Waals surface area contributed by atoms with Crippen LogP contribution in [0.15, 0.2) is 24.5 Å². The molecule has 0 spiro atoms. The Hall–Kier alpha value is -0.760. The number of hydrogen-bond acceptors (Lipinski definition) is 2. The molecule has 0 amide bonds. The first-order valence-corrected chi connectivity index (χ1v) is 4.36. The predicted octanol–water partition coefficient (Wildman–Crippen LogP) is 2.01. The van der Waals surface area contributed by atoms with Gasteiger partial charge in [0, 0.05) is 0 Å². The van der Waals surface area contributed by atoms with Crippen molar-refractivity contribution in [2.45, 2.75) is 38.4 Å². The first-order valence-electron chi connectivity index (χ1n) is 4.36. The lowest BCUT2D eigenvalue weighted by Gasteiger charge is -2.28. The van der Waals surface area contributed by atoms with Gasteiger partial charge in [0.15, 0.2) is 0 Å². The molecule has 68 valence electrons. The molecule has 0 saturated heterocycles. The van der Waals surface area contributed by atoms with Gasteiger partial charge in [-0.2, -0.15) is 0 Å². The van der Waals surface area contributed by atoms with Crippen LogP contribution in [0, 0.1) is 0 Å². The van der Waals surface area contributed by atoms with E-state index in [1.54, 1.807) is 0 Å². The van der Waals surface area contributed by atoms with Crippen molar-refractivity contribution in [3.05, 3.63) is 24.5 Å². The highest BCUT2D eigenvalue weighted by Gasteiger charge is 2.25. The van der Waals surface area contributed by atoms with Crippen molar-refractivity contribution in [2.24, 2.45) is 0 Å². The average Bonchev–Trinajstić information content (AvgIpc) is 2.09. The van der Waals surface area contributed by atoms with Gasteiger partial charge in [-0.3, -0.25) is 0 Å². The van der Waals surface area contributed by atoms with E-state index in [1.807, 2.05) is 6.92 Å². The van der Waals surface area contributed by atoms with E-state index in [-0.39, 0.29) is 12.2 Å². The zero-order valence-corrected chi connectivity index (χ0v) is 7.49. The van der Waals surface area contributed by atoms with Gasteiger partial charge in [-0.05, 0) is 26.2 Å². The quantitative estimate of drug-likeness (QED) is 0.505. The topological polar surface area (TPSA) is 29.5 Å². The summed E-state index contributed by atoms with van der Waals surface area (Å²) in [7, 11) is 0. The van der Waals surface area contributed by atoms with Crippen LogP contribution in [-0.4, -0.2) is 17.3 Å². The standard InChI is InChI=1S/C10H16O2/c1-3-8-5-6-10(12-4-2)9(11)7-8/h3-4,9-11H,2,5-7H2,1H3/b8-3-. The first-order chi connectivity index (χ1) is 5.77. The SMILES string of the molecule is C=COC1CC/C(=C/C)CC1O. The Morgan fingerprint density at radius 3 is 2.92 bits per heavy atom. The van der Waals surface area contributed by atoms with Crippen LogP contribution in [0.4, 0.5) is 0 Å². The zero-order valence-electron chi connectivity index (χ0n) is 7.49. The third-order valence-corrected chi connectivity index (χ3v) is 2.33. The second-order valence-corrected chi connectivity index (χ2v) is 3.10. The molecule has 1 N–H and O–H groups in total. The van der Waals surface area contributed by atoms with Gasteiger partial charge in [-0.1, -0.05) is 18.2 Å². The Kier molecular flexibility index (Phi) is 3.35. The van der Waals surface area contributed by atoms with Gasteiger partial charge >= 0.3 is 0 Å². The predicted molar refractivity (Wildman–Crippen MR) is 48.7 cm³/mol. The Morgan fingerprint density at radius 1 is 1.67 bits per heavy atom. The summed E-state index contributed by atoms with van der Waals surface area (Å²) in [6, 6.07) is 0. The summed E-state index contributed by atoms with van der Waals surface area (Å²) in [4.78, 5) is 0. The Morgan fingerprint density at radius 2 is 2.42 bits per heavy atom. The van der Waals surface area contributed by atoms with Crippen molar-refractivity contribution in [2.75, 3.05) is 0 Å². The highest BCUT2D eigenvalue weighted by atomic mass is 16.5. The van der Waals surface area contributed by atoms with Crippen LogP contribution in [0.3, 0.4) is 0 Å². The van der Waals surface area contributed by atoms with Crippen LogP contribution in [0.5, 0.6) is 0 Å². The summed E-state index contributed by atoms with van der Waals surface area (Å²) < 4.78 is 5.17. The average molecular weight is 168 g/mol. The first kappa shape index (κ1) is 9.33. The molecule has 12 heavy (non-hydrogen) atoms. The monoisotopic (exact) mass is 168 g/mol. The summed E-state index contributed by atoms with van der Waals surface area (Å²) in [6.07, 6.45) is 5.75. The van der Waals surface area contributed by atoms with Gasteiger partial charge in [0.2, 0.25) is 0 Å². The lowest BCUT2D eigenvalue weighted by atomic mass is 9.90. The number of ether oxygens (including phenoxy) is 1. The van der Waals surface area contributed by atoms with E-state index >= 15 is 0 Å². The van der Waals surface area contributed by atoms with Gasteiger partial charge in [0.1, 0.15) is 6.10 Å². The van der Waals surface area contributed by atoms with Crippen molar-refractivity contribution >= 4 is 0 Å². The van der Waals surface area contributed by atoms with E-state index in [0.29, 0.717) is 0 Å². The van der Waals surface area contributed by atoms with Crippen LogP contribution < -0.4 is 0 Å². The minimum absolute atomic E-state index is 0.0498. The summed E-state index contributed by atoms with van der Waals surface area (Å²) in [5.41, 5.74) is 1.33. The van der Waals surface area contributed by atoms with Crippen molar-refractivity contribution < 1.29 is 9.84 Å². The Labute approximate surface area is 73.5 Å². The van der Waals surface area contributed by atoms with Crippen molar-refractivity contribution in [3.8, 4) is 0 Å². The zero-order chi connectivity index (χ0) is 8.97. The normalized spacial score (nSPS) is 33.3. The maximum atomic E-state index is 9.59. The fraction of sp³-hybridized carbons (Fsp3) is 0.600. The second kappa shape index (κ2) is 4.31. The lowest BCUT2D eigenvalue weighted by Crippen LogP contribution is -2.31. The minimum Gasteiger partial charge on any atom is -0.496 e. The molecule has 2 unspecified atom stereocenters. The molecule has 0 aromatic rings. The maximum Gasteiger partial charge on any atom is 0.124 e. The smallest absolute Gasteiger partial charge is 0.124 e. The molecule has 0 bridgehead atoms. The van der Waals surface area contributed by atoms with E-state index < -0.39 is 0 Å². The molecule has 2 atom stereocenters. The molecular formula is C10H16O2. The van der Waals surface area contributed by atoms with E-state index in [1.165, 1.54) is 11.8 Å². The third kappa shape index (κ3) is 2.11. The van der Waals surface area contributed by atoms with E-state index in [0.717, 1.165) is 19.3 Å². The molecule has 0 aromatic carbocycles. The van der Waals surface area contributed by atoms with Crippen molar-refractivity contribution in [1.29, 1.82) is 0 Å². The van der Waals surface area contributed by atoms with Crippen LogP contribution in [0.2, 0.25) is 0 Å². The van der Waals surface area contributed by atoms with Gasteiger partial charge in [-0.15, -0.1) is 0 Å². The number of rotatable bonds is 2. The highest BCUT2D eigenvalue weighted by molar-refractivity contribution is 5.07. The Balaban J connectivity index is 2.47. The van der Waals surface area contributed by atoms with E-state index in [2.05, 4.69) is 12.7 Å². The van der Waals surface area contributed by atoms with E-state index in [4.69, 9.17) is 4.74 Å². The van der Waals surface area contributed by atoms with Crippen molar-refractivity contribution in [3.63, 3.8) is 0 Å². The number of allylic oxidation sites excluding steroid dienone is 1. The molecule has 0 aliphatic heterocycles. The van der Waals surface area contributed by atoms with Crippen LogP contribution in [0.1, 0.15) is 26.2 Å². The van der Waals surface area contributed by atoms with Crippen LogP contribution >= 0.6 is 0 Å². The molecule has 1 rings (SSSR count). The molecule has 0 radical (unpaired) electrons. The van der Waals surface area contributed by atoms with Crippen LogP contribution in [0.25, 0.3) is 0 Å². The number of aliphatic hydroxyl groups is 1. The van der Waals surface area contributed by atoms with Gasteiger partial charge in [-0.25, -0.2) is 0 Å². The van der Waals surface area contributed by atoms with Gasteiger partial charge in [0.25, 0.3) is 0 Å². The molecule has 1 aliphatic rings. The number of hydrogen-bond donors (Lipinski definition) is 1. The maximum absolute atomic E-state index is 9.59. The van der Waals surface area contributed by atoms with Crippen LogP contribution in [-0.2, 0) is 4.74 Å². The minimum atomic E-state index is -0.358.